The number of imidazole rings is 1. The van der Waals surface area contributed by atoms with Crippen LogP contribution in [0.5, 0.6) is 0 Å². The monoisotopic (exact) mass is 398 g/mol. The molecular weight excluding hydrogens is 376 g/mol. The van der Waals surface area contributed by atoms with E-state index in [0.29, 0.717) is 17.4 Å². The van der Waals surface area contributed by atoms with Crippen molar-refractivity contribution in [1.82, 2.24) is 29.8 Å². The van der Waals surface area contributed by atoms with Crippen LogP contribution in [0.2, 0.25) is 0 Å². The van der Waals surface area contributed by atoms with Crippen LogP contribution in [0.1, 0.15) is 29.0 Å². The molecule has 0 radical (unpaired) electrons. The Labute approximate surface area is 174 Å². The van der Waals surface area contributed by atoms with E-state index in [1.54, 1.807) is 18.6 Å². The van der Waals surface area contributed by atoms with Gasteiger partial charge in [0.05, 0.1) is 17.4 Å². The van der Waals surface area contributed by atoms with Gasteiger partial charge in [-0.2, -0.15) is 0 Å². The highest BCUT2D eigenvalue weighted by Gasteiger charge is 2.26. The number of hydrogen-bond donors (Lipinski definition) is 1. The predicted octanol–water partition coefficient (Wildman–Crippen LogP) is 3.51. The van der Waals surface area contributed by atoms with Gasteiger partial charge in [-0.1, -0.05) is 24.3 Å². The Balaban J connectivity index is 1.26. The molecule has 4 heterocycles. The summed E-state index contributed by atoms with van der Waals surface area (Å²) in [5.74, 6) is 1.09. The standard InChI is InChI=1S/C23H22N6O/c30-23(20-8-7-17-5-1-2-6-19(17)28-20)29-11-3-4-16(15-29)12-18-13-27-21(14-26-18)22-24-9-10-25-22/h1-2,5-10,13-14,16H,3-4,11-12,15H2,(H,24,25)/t16-/m1/s1. The molecule has 1 saturated heterocycles. The molecule has 7 nitrogen and oxygen atoms in total. The van der Waals surface area contributed by atoms with Gasteiger partial charge < -0.3 is 9.88 Å². The number of nitrogens with zero attached hydrogens (tertiary/aromatic N) is 5. The largest absolute Gasteiger partial charge is 0.343 e. The molecule has 1 aliphatic heterocycles. The minimum atomic E-state index is 0.00436. The van der Waals surface area contributed by atoms with Gasteiger partial charge in [-0.05, 0) is 37.3 Å². The first-order chi connectivity index (χ1) is 14.8. The number of benzene rings is 1. The van der Waals surface area contributed by atoms with Crippen LogP contribution in [-0.4, -0.2) is 48.8 Å². The molecule has 5 rings (SSSR count). The molecule has 0 bridgehead atoms. The Hall–Kier alpha value is -3.61. The number of amides is 1. The molecule has 3 aromatic heterocycles. The number of likely N-dealkylation sites (tertiary alicyclic amines) is 1. The lowest BCUT2D eigenvalue weighted by Gasteiger charge is -2.32. The zero-order valence-electron chi connectivity index (χ0n) is 16.5. The Morgan fingerprint density at radius 1 is 1.10 bits per heavy atom. The summed E-state index contributed by atoms with van der Waals surface area (Å²) in [6.07, 6.45) is 9.90. The maximum Gasteiger partial charge on any atom is 0.272 e. The van der Waals surface area contributed by atoms with E-state index in [9.17, 15) is 4.79 Å². The highest BCUT2D eigenvalue weighted by atomic mass is 16.2. The van der Waals surface area contributed by atoms with Gasteiger partial charge in [0.15, 0.2) is 5.82 Å². The van der Waals surface area contributed by atoms with E-state index >= 15 is 0 Å². The van der Waals surface area contributed by atoms with Crippen molar-refractivity contribution >= 4 is 16.8 Å². The Bertz CT molecular complexity index is 1160. The molecule has 0 aliphatic carbocycles. The van der Waals surface area contributed by atoms with E-state index < -0.39 is 0 Å². The summed E-state index contributed by atoms with van der Waals surface area (Å²) in [6.45, 7) is 1.49. The molecule has 7 heteroatoms. The molecule has 1 aliphatic rings. The first kappa shape index (κ1) is 18.4. The number of para-hydroxylation sites is 1. The second kappa shape index (κ2) is 8.02. The minimum absolute atomic E-state index is 0.00436. The van der Waals surface area contributed by atoms with Crippen LogP contribution >= 0.6 is 0 Å². The first-order valence-electron chi connectivity index (χ1n) is 10.2. The molecule has 4 aromatic rings. The van der Waals surface area contributed by atoms with Crippen LogP contribution in [-0.2, 0) is 6.42 Å². The number of aromatic nitrogens is 5. The first-order valence-corrected chi connectivity index (χ1v) is 10.2. The Morgan fingerprint density at radius 2 is 2.03 bits per heavy atom. The number of aromatic amines is 1. The summed E-state index contributed by atoms with van der Waals surface area (Å²) in [7, 11) is 0. The number of carbonyl (C=O) groups excluding carboxylic acids is 1. The van der Waals surface area contributed by atoms with Gasteiger partial charge in [0.2, 0.25) is 0 Å². The SMILES string of the molecule is O=C(c1ccc2ccccc2n1)N1CCC[C@H](Cc2cnc(-c3ncc[nH]3)cn2)C1. The molecule has 1 amide bonds. The van der Waals surface area contributed by atoms with Gasteiger partial charge >= 0.3 is 0 Å². The highest BCUT2D eigenvalue weighted by molar-refractivity contribution is 5.95. The molecule has 150 valence electrons. The zero-order valence-corrected chi connectivity index (χ0v) is 16.5. The van der Waals surface area contributed by atoms with Crippen molar-refractivity contribution in [1.29, 1.82) is 0 Å². The van der Waals surface area contributed by atoms with Crippen molar-refractivity contribution in [2.24, 2.45) is 5.92 Å². The third kappa shape index (κ3) is 3.78. The average Bonchev–Trinajstić information content (AvgIpc) is 3.34. The fraction of sp³-hybridized carbons (Fsp3) is 0.261. The van der Waals surface area contributed by atoms with Crippen molar-refractivity contribution in [3.05, 3.63) is 72.6 Å². The van der Waals surface area contributed by atoms with E-state index in [4.69, 9.17) is 0 Å². The summed E-state index contributed by atoms with van der Waals surface area (Å²) in [4.78, 5) is 35.8. The molecular formula is C23H22N6O. The number of H-pyrrole nitrogens is 1. The smallest absolute Gasteiger partial charge is 0.272 e. The topological polar surface area (TPSA) is 87.7 Å². The van der Waals surface area contributed by atoms with Crippen LogP contribution < -0.4 is 0 Å². The van der Waals surface area contributed by atoms with Crippen molar-refractivity contribution in [3.63, 3.8) is 0 Å². The van der Waals surface area contributed by atoms with Crippen LogP contribution in [0.4, 0.5) is 0 Å². The third-order valence-corrected chi connectivity index (χ3v) is 5.57. The molecule has 30 heavy (non-hydrogen) atoms. The second-order valence-corrected chi connectivity index (χ2v) is 7.68. The molecule has 0 unspecified atom stereocenters. The number of carbonyl (C=O) groups is 1. The minimum Gasteiger partial charge on any atom is -0.343 e. The van der Waals surface area contributed by atoms with Crippen LogP contribution in [0.15, 0.2) is 61.2 Å². The van der Waals surface area contributed by atoms with Gasteiger partial charge in [-0.3, -0.25) is 9.78 Å². The molecule has 0 saturated carbocycles. The van der Waals surface area contributed by atoms with Crippen molar-refractivity contribution < 1.29 is 4.79 Å². The normalized spacial score (nSPS) is 16.7. The lowest BCUT2D eigenvalue weighted by Crippen LogP contribution is -2.40. The van der Waals surface area contributed by atoms with Gasteiger partial charge in [-0.15, -0.1) is 0 Å². The fourth-order valence-electron chi connectivity index (χ4n) is 4.05. The van der Waals surface area contributed by atoms with E-state index in [0.717, 1.165) is 54.6 Å². The van der Waals surface area contributed by atoms with E-state index in [1.807, 2.05) is 47.5 Å². The number of fused-ring (bicyclic) bond motifs is 1. The lowest BCUT2D eigenvalue weighted by molar-refractivity contribution is 0.0667. The maximum absolute atomic E-state index is 13.0. The van der Waals surface area contributed by atoms with Crippen LogP contribution in [0.25, 0.3) is 22.4 Å². The molecule has 1 aromatic carbocycles. The highest BCUT2D eigenvalue weighted by Crippen LogP contribution is 2.22. The summed E-state index contributed by atoms with van der Waals surface area (Å²) in [6, 6.07) is 11.7. The average molecular weight is 398 g/mol. The van der Waals surface area contributed by atoms with Crippen molar-refractivity contribution in [2.75, 3.05) is 13.1 Å². The number of pyridine rings is 1. The van der Waals surface area contributed by atoms with E-state index in [-0.39, 0.29) is 5.91 Å². The molecule has 0 spiro atoms. The molecule has 1 atom stereocenters. The predicted molar refractivity (Wildman–Crippen MR) is 114 cm³/mol. The van der Waals surface area contributed by atoms with Gasteiger partial charge in [0.1, 0.15) is 11.4 Å². The summed E-state index contributed by atoms with van der Waals surface area (Å²) < 4.78 is 0. The van der Waals surface area contributed by atoms with Crippen LogP contribution in [0, 0.1) is 5.92 Å². The lowest BCUT2D eigenvalue weighted by atomic mass is 9.93. The van der Waals surface area contributed by atoms with Gasteiger partial charge in [-0.25, -0.2) is 15.0 Å². The van der Waals surface area contributed by atoms with E-state index in [2.05, 4.69) is 24.9 Å². The molecule has 1 fully saturated rings. The van der Waals surface area contributed by atoms with E-state index in [1.165, 1.54) is 0 Å². The number of nitrogens with one attached hydrogen (secondary N) is 1. The molecule has 1 N–H and O–H groups in total. The van der Waals surface area contributed by atoms with Crippen LogP contribution in [0.3, 0.4) is 0 Å². The maximum atomic E-state index is 13.0. The second-order valence-electron chi connectivity index (χ2n) is 7.68. The Morgan fingerprint density at radius 3 is 2.87 bits per heavy atom. The zero-order chi connectivity index (χ0) is 20.3. The third-order valence-electron chi connectivity index (χ3n) is 5.57. The van der Waals surface area contributed by atoms with Gasteiger partial charge in [0.25, 0.3) is 5.91 Å². The summed E-state index contributed by atoms with van der Waals surface area (Å²) in [5.41, 5.74) is 3.03. The summed E-state index contributed by atoms with van der Waals surface area (Å²) >= 11 is 0. The number of hydrogen-bond acceptors (Lipinski definition) is 5. The fourth-order valence-corrected chi connectivity index (χ4v) is 4.05. The quantitative estimate of drug-likeness (QED) is 0.568. The van der Waals surface area contributed by atoms with Crippen molar-refractivity contribution in [2.45, 2.75) is 19.3 Å². The van der Waals surface area contributed by atoms with Gasteiger partial charge in [0, 0.05) is 37.1 Å². The van der Waals surface area contributed by atoms with Crippen molar-refractivity contribution in [3.8, 4) is 11.5 Å². The number of rotatable bonds is 4. The Kier molecular flexibility index (Phi) is 4.93. The number of piperidine rings is 1. The summed E-state index contributed by atoms with van der Waals surface area (Å²) in [5, 5.41) is 1.04.